The molecular weight excluding hydrogens is 380 g/mol. The fourth-order valence-corrected chi connectivity index (χ4v) is 3.36. The Kier molecular flexibility index (Phi) is 7.34. The number of benzene rings is 1. The van der Waals surface area contributed by atoms with Gasteiger partial charge in [0.2, 0.25) is 5.91 Å². The topological polar surface area (TPSA) is 110 Å². The highest BCUT2D eigenvalue weighted by Crippen LogP contribution is 2.29. The van der Waals surface area contributed by atoms with E-state index in [9.17, 15) is 9.90 Å². The quantitative estimate of drug-likeness (QED) is 0.477. The van der Waals surface area contributed by atoms with Crippen LogP contribution in [0.25, 0.3) is 0 Å². The van der Waals surface area contributed by atoms with Gasteiger partial charge in [-0.2, -0.15) is 0 Å². The van der Waals surface area contributed by atoms with Crippen molar-refractivity contribution in [2.45, 2.75) is 25.3 Å². The fourth-order valence-electron chi connectivity index (χ4n) is 3.36. The van der Waals surface area contributed by atoms with Gasteiger partial charge in [-0.05, 0) is 71.8 Å². The molecular formula is C23H26N4O3. The normalized spacial score (nSPS) is 11.8. The maximum Gasteiger partial charge on any atom is 0.239 e. The number of nitrogens with zero attached hydrogens (tertiary/aromatic N) is 2. The zero-order chi connectivity index (χ0) is 21.3. The minimum atomic E-state index is -0.679. The summed E-state index contributed by atoms with van der Waals surface area (Å²) in [6.07, 6.45) is 9.78. The largest absolute Gasteiger partial charge is 0.504 e. The van der Waals surface area contributed by atoms with Gasteiger partial charge in [0.1, 0.15) is 6.04 Å². The Morgan fingerprint density at radius 2 is 1.83 bits per heavy atom. The summed E-state index contributed by atoms with van der Waals surface area (Å²) in [5.41, 5.74) is 9.83. The van der Waals surface area contributed by atoms with Crippen molar-refractivity contribution in [3.8, 4) is 11.5 Å². The number of ether oxygens (including phenoxy) is 1. The first-order valence-corrected chi connectivity index (χ1v) is 9.78. The molecule has 7 nitrogen and oxygen atoms in total. The Labute approximate surface area is 175 Å². The van der Waals surface area contributed by atoms with Crippen LogP contribution in [0.1, 0.15) is 28.3 Å². The van der Waals surface area contributed by atoms with Crippen LogP contribution >= 0.6 is 0 Å². The molecule has 2 heterocycles. The number of nitrogens with one attached hydrogen (secondary N) is 1. The van der Waals surface area contributed by atoms with Gasteiger partial charge in [0.25, 0.3) is 0 Å². The second-order valence-electron chi connectivity index (χ2n) is 6.97. The van der Waals surface area contributed by atoms with Gasteiger partial charge in [-0.15, -0.1) is 0 Å². The van der Waals surface area contributed by atoms with Crippen molar-refractivity contribution in [3.63, 3.8) is 0 Å². The van der Waals surface area contributed by atoms with E-state index in [0.717, 1.165) is 19.3 Å². The van der Waals surface area contributed by atoms with Gasteiger partial charge in [0.05, 0.1) is 7.11 Å². The lowest BCUT2D eigenvalue weighted by molar-refractivity contribution is -0.120. The van der Waals surface area contributed by atoms with Crippen LogP contribution in [0.15, 0.2) is 61.2 Å². The Morgan fingerprint density at radius 3 is 2.57 bits per heavy atom. The minimum absolute atomic E-state index is 0.0140. The molecule has 0 fully saturated rings. The van der Waals surface area contributed by atoms with Crippen LogP contribution in [0.5, 0.6) is 11.5 Å². The summed E-state index contributed by atoms with van der Waals surface area (Å²) in [6.45, 7) is 0.559. The first-order chi connectivity index (χ1) is 14.6. The summed E-state index contributed by atoms with van der Waals surface area (Å²) in [7, 11) is 1.46. The van der Waals surface area contributed by atoms with Crippen LogP contribution in [0, 0.1) is 0 Å². The Bertz CT molecular complexity index is 979. The summed E-state index contributed by atoms with van der Waals surface area (Å²) < 4.78 is 5.13. The monoisotopic (exact) mass is 406 g/mol. The maximum absolute atomic E-state index is 12.0. The number of aryl methyl sites for hydroxylation is 2. The second kappa shape index (κ2) is 10.4. The number of primary amides is 1. The summed E-state index contributed by atoms with van der Waals surface area (Å²) >= 11 is 0. The molecule has 156 valence electrons. The Balaban J connectivity index is 1.64. The second-order valence-corrected chi connectivity index (χ2v) is 6.97. The first-order valence-electron chi connectivity index (χ1n) is 9.78. The molecule has 0 bridgehead atoms. The molecule has 1 aromatic carbocycles. The van der Waals surface area contributed by atoms with Crippen molar-refractivity contribution in [2.75, 3.05) is 13.7 Å². The highest BCUT2D eigenvalue weighted by molar-refractivity contribution is 5.81. The molecule has 0 aliphatic carbocycles. The molecule has 0 saturated carbocycles. The van der Waals surface area contributed by atoms with Gasteiger partial charge in [0, 0.05) is 31.3 Å². The third kappa shape index (κ3) is 5.55. The molecule has 3 aromatic rings. The molecule has 2 aromatic heterocycles. The standard InChI is InChI=1S/C23H26N4O3/c1-30-21-14-18(4-5-20(21)28)22(23(24)29)27-13-9-17-8-12-26-15-19(17)3-2-16-6-10-25-11-7-16/h4-8,10-12,14-15,22,27-28H,2-3,9,13H2,1H3,(H2,24,29). The number of hydrogen-bond acceptors (Lipinski definition) is 6. The minimum Gasteiger partial charge on any atom is -0.504 e. The van der Waals surface area contributed by atoms with E-state index in [-0.39, 0.29) is 5.75 Å². The van der Waals surface area contributed by atoms with Crippen LogP contribution < -0.4 is 15.8 Å². The van der Waals surface area contributed by atoms with Gasteiger partial charge < -0.3 is 20.9 Å². The van der Waals surface area contributed by atoms with Gasteiger partial charge in [-0.3, -0.25) is 14.8 Å². The van der Waals surface area contributed by atoms with Crippen molar-refractivity contribution in [1.82, 2.24) is 15.3 Å². The molecule has 1 atom stereocenters. The lowest BCUT2D eigenvalue weighted by Crippen LogP contribution is -2.34. The van der Waals surface area contributed by atoms with E-state index in [4.69, 9.17) is 10.5 Å². The lowest BCUT2D eigenvalue weighted by atomic mass is 10.00. The molecule has 4 N–H and O–H groups in total. The molecule has 0 aliphatic heterocycles. The zero-order valence-corrected chi connectivity index (χ0v) is 16.9. The summed E-state index contributed by atoms with van der Waals surface area (Å²) in [4.78, 5) is 20.3. The number of phenolic OH excluding ortho intramolecular Hbond substituents is 1. The summed E-state index contributed by atoms with van der Waals surface area (Å²) in [5.74, 6) is -0.177. The molecule has 0 aliphatic rings. The van der Waals surface area contributed by atoms with E-state index in [0.29, 0.717) is 17.9 Å². The third-order valence-electron chi connectivity index (χ3n) is 5.00. The molecule has 0 spiro atoms. The maximum atomic E-state index is 12.0. The van der Waals surface area contributed by atoms with E-state index >= 15 is 0 Å². The molecule has 0 saturated heterocycles. The molecule has 1 amide bonds. The third-order valence-corrected chi connectivity index (χ3v) is 5.00. The van der Waals surface area contributed by atoms with Crippen LogP contribution in [0.2, 0.25) is 0 Å². The number of methoxy groups -OCH3 is 1. The number of carbonyl (C=O) groups is 1. The van der Waals surface area contributed by atoms with Crippen LogP contribution in [0.4, 0.5) is 0 Å². The van der Waals surface area contributed by atoms with E-state index in [1.165, 1.54) is 29.9 Å². The number of carbonyl (C=O) groups excluding carboxylic acids is 1. The lowest BCUT2D eigenvalue weighted by Gasteiger charge is -2.18. The van der Waals surface area contributed by atoms with Crippen LogP contribution in [-0.2, 0) is 24.1 Å². The molecule has 1 unspecified atom stereocenters. The van der Waals surface area contributed by atoms with E-state index < -0.39 is 11.9 Å². The number of amides is 1. The number of pyridine rings is 2. The molecule has 3 rings (SSSR count). The van der Waals surface area contributed by atoms with Crippen LogP contribution in [-0.4, -0.2) is 34.6 Å². The van der Waals surface area contributed by atoms with E-state index in [1.807, 2.05) is 24.4 Å². The molecule has 7 heteroatoms. The number of phenols is 1. The molecule has 30 heavy (non-hydrogen) atoms. The fraction of sp³-hybridized carbons (Fsp3) is 0.261. The van der Waals surface area contributed by atoms with Crippen molar-refractivity contribution in [3.05, 3.63) is 83.4 Å². The van der Waals surface area contributed by atoms with E-state index in [1.54, 1.807) is 30.7 Å². The average molecular weight is 406 g/mol. The summed E-state index contributed by atoms with van der Waals surface area (Å²) in [6, 6.07) is 10.1. The average Bonchev–Trinajstić information content (AvgIpc) is 2.77. The zero-order valence-electron chi connectivity index (χ0n) is 16.9. The van der Waals surface area contributed by atoms with Crippen molar-refractivity contribution >= 4 is 5.91 Å². The predicted molar refractivity (Wildman–Crippen MR) is 114 cm³/mol. The van der Waals surface area contributed by atoms with Crippen molar-refractivity contribution in [2.24, 2.45) is 5.73 Å². The van der Waals surface area contributed by atoms with Gasteiger partial charge in [0.15, 0.2) is 11.5 Å². The van der Waals surface area contributed by atoms with Crippen molar-refractivity contribution in [1.29, 1.82) is 0 Å². The number of nitrogens with two attached hydrogens (primary N) is 1. The number of hydrogen-bond donors (Lipinski definition) is 3. The van der Waals surface area contributed by atoms with E-state index in [2.05, 4.69) is 15.3 Å². The van der Waals surface area contributed by atoms with Gasteiger partial charge >= 0.3 is 0 Å². The SMILES string of the molecule is COc1cc(C(NCCc2ccncc2CCc2ccncc2)C(N)=O)ccc1O. The Hall–Kier alpha value is -3.45. The number of rotatable bonds is 10. The van der Waals surface area contributed by atoms with Gasteiger partial charge in [-0.25, -0.2) is 0 Å². The highest BCUT2D eigenvalue weighted by Gasteiger charge is 2.19. The summed E-state index contributed by atoms with van der Waals surface area (Å²) in [5, 5.41) is 13.0. The first kappa shape index (κ1) is 21.3. The number of aromatic hydroxyl groups is 1. The highest BCUT2D eigenvalue weighted by atomic mass is 16.5. The van der Waals surface area contributed by atoms with Crippen LogP contribution in [0.3, 0.4) is 0 Å². The predicted octanol–water partition coefficient (Wildman–Crippen LogP) is 2.33. The van der Waals surface area contributed by atoms with Gasteiger partial charge in [-0.1, -0.05) is 6.07 Å². The van der Waals surface area contributed by atoms with Crippen molar-refractivity contribution < 1.29 is 14.6 Å². The smallest absolute Gasteiger partial charge is 0.239 e. The Morgan fingerprint density at radius 1 is 1.07 bits per heavy atom. The molecule has 0 radical (unpaired) electrons. The number of aromatic nitrogens is 2.